The summed E-state index contributed by atoms with van der Waals surface area (Å²) in [5.41, 5.74) is 0.676. The van der Waals surface area contributed by atoms with Crippen molar-refractivity contribution in [1.29, 1.82) is 0 Å². The molecular formula is C39H36O13. The van der Waals surface area contributed by atoms with Gasteiger partial charge < -0.3 is 43.4 Å². The van der Waals surface area contributed by atoms with Gasteiger partial charge in [-0.05, 0) is 55.5 Å². The van der Waals surface area contributed by atoms with Gasteiger partial charge in [-0.1, -0.05) is 72.8 Å². The fourth-order valence-corrected chi connectivity index (χ4v) is 5.78. The zero-order valence-electron chi connectivity index (χ0n) is 27.8. The van der Waals surface area contributed by atoms with Crippen LogP contribution < -0.4 is 0 Å². The molecule has 0 amide bonds. The highest BCUT2D eigenvalue weighted by atomic mass is 16.7. The van der Waals surface area contributed by atoms with E-state index in [1.807, 2.05) is 0 Å². The second kappa shape index (κ2) is 16.7. The monoisotopic (exact) mass is 712 g/mol. The third-order valence-corrected chi connectivity index (χ3v) is 8.47. The van der Waals surface area contributed by atoms with Gasteiger partial charge in [0.05, 0.1) is 35.0 Å². The van der Waals surface area contributed by atoms with Gasteiger partial charge in [0.15, 0.2) is 37.0 Å². The van der Waals surface area contributed by atoms with Crippen LogP contribution in [0.2, 0.25) is 0 Å². The number of aliphatic hydroxyl groups excluding tert-OH is 2. The number of hydrogen-bond donors (Lipinski definition) is 2. The normalized spacial score (nSPS) is 27.1. The van der Waals surface area contributed by atoms with E-state index in [0.29, 0.717) is 0 Å². The number of esters is 4. The molecule has 13 heteroatoms. The van der Waals surface area contributed by atoms with E-state index in [1.54, 1.807) is 72.8 Å². The van der Waals surface area contributed by atoms with Crippen molar-refractivity contribution in [3.05, 3.63) is 144 Å². The van der Waals surface area contributed by atoms with Crippen LogP contribution >= 0.6 is 0 Å². The maximum atomic E-state index is 13.6. The first kappa shape index (κ1) is 36.4. The molecule has 13 nitrogen and oxygen atoms in total. The molecule has 2 heterocycles. The highest BCUT2D eigenvalue weighted by Gasteiger charge is 2.54. The SMILES string of the molecule is C[C@H]1O[C@@H](O[C@@H]2[C@@H](O)[C@@H](O)OC[C@@H]2OC(=O)c2ccccc2)[C@H](OC(=O)c2ccccc2)[C@@H](OC(=O)c2ccccc2)[C@H]1OC(=O)c1ccccc1. The van der Waals surface area contributed by atoms with Gasteiger partial charge in [0, 0.05) is 0 Å². The molecule has 2 fully saturated rings. The fourth-order valence-electron chi connectivity index (χ4n) is 5.78. The Morgan fingerprint density at radius 2 is 0.923 bits per heavy atom. The van der Waals surface area contributed by atoms with E-state index >= 15 is 0 Å². The van der Waals surface area contributed by atoms with Crippen LogP contribution in [0.1, 0.15) is 48.4 Å². The first-order chi connectivity index (χ1) is 25.2. The molecule has 2 aliphatic rings. The van der Waals surface area contributed by atoms with Gasteiger partial charge in [0.25, 0.3) is 0 Å². The Morgan fingerprint density at radius 1 is 0.538 bits per heavy atom. The Bertz CT molecular complexity index is 1810. The summed E-state index contributed by atoms with van der Waals surface area (Å²) >= 11 is 0. The second-order valence-corrected chi connectivity index (χ2v) is 12.0. The van der Waals surface area contributed by atoms with Crippen LogP contribution in [0.15, 0.2) is 121 Å². The Labute approximate surface area is 298 Å². The number of hydrogen-bond acceptors (Lipinski definition) is 13. The van der Waals surface area contributed by atoms with E-state index < -0.39 is 79.2 Å². The van der Waals surface area contributed by atoms with Crippen molar-refractivity contribution >= 4 is 23.9 Å². The maximum absolute atomic E-state index is 13.6. The van der Waals surface area contributed by atoms with Crippen molar-refractivity contribution in [2.45, 2.75) is 62.2 Å². The van der Waals surface area contributed by atoms with E-state index in [1.165, 1.54) is 55.5 Å². The third-order valence-electron chi connectivity index (χ3n) is 8.47. The summed E-state index contributed by atoms with van der Waals surface area (Å²) < 4.78 is 41.2. The largest absolute Gasteiger partial charge is 0.453 e. The lowest BCUT2D eigenvalue weighted by molar-refractivity contribution is -0.338. The highest BCUT2D eigenvalue weighted by molar-refractivity contribution is 5.91. The maximum Gasteiger partial charge on any atom is 0.338 e. The lowest BCUT2D eigenvalue weighted by atomic mass is 9.97. The number of carbonyl (C=O) groups excluding carboxylic acids is 4. The number of carbonyl (C=O) groups is 4. The first-order valence-corrected chi connectivity index (χ1v) is 16.5. The molecule has 2 N–H and O–H groups in total. The summed E-state index contributed by atoms with van der Waals surface area (Å²) in [6.45, 7) is 1.14. The first-order valence-electron chi connectivity index (χ1n) is 16.5. The molecule has 270 valence electrons. The standard InChI is InChI=1S/C39H36O13/c1-23-30(49-35(42)25-16-8-3-9-17-25)32(50-36(43)26-18-10-4-11-19-26)33(51-37(44)27-20-12-5-13-21-27)39(47-23)52-31-28(22-46-38(45)29(31)40)48-34(41)24-14-6-2-7-15-24/h2-21,23,28-33,38-40,45H,22H2,1H3/t23-,28+,29-,30+,31+,32+,33-,38+,39+/m1/s1. The summed E-state index contributed by atoms with van der Waals surface area (Å²) in [6, 6.07) is 32.1. The van der Waals surface area contributed by atoms with Crippen molar-refractivity contribution in [1.82, 2.24) is 0 Å². The summed E-state index contributed by atoms with van der Waals surface area (Å²) in [6.07, 6.45) is -13.6. The van der Waals surface area contributed by atoms with E-state index in [4.69, 9.17) is 33.2 Å². The van der Waals surface area contributed by atoms with Gasteiger partial charge in [-0.3, -0.25) is 0 Å². The van der Waals surface area contributed by atoms with Crippen LogP contribution in [0.5, 0.6) is 0 Å². The quantitative estimate of drug-likeness (QED) is 0.180. The molecule has 4 aromatic carbocycles. The van der Waals surface area contributed by atoms with Gasteiger partial charge in [0.2, 0.25) is 0 Å². The van der Waals surface area contributed by atoms with E-state index in [-0.39, 0.29) is 28.9 Å². The molecule has 0 bridgehead atoms. The molecule has 0 radical (unpaired) electrons. The van der Waals surface area contributed by atoms with Crippen LogP contribution in [0.4, 0.5) is 0 Å². The topological polar surface area (TPSA) is 173 Å². The zero-order valence-corrected chi connectivity index (χ0v) is 27.8. The zero-order chi connectivity index (χ0) is 36.6. The minimum Gasteiger partial charge on any atom is -0.453 e. The van der Waals surface area contributed by atoms with Gasteiger partial charge in [-0.25, -0.2) is 19.2 Å². The average molecular weight is 713 g/mol. The minimum absolute atomic E-state index is 0.127. The highest BCUT2D eigenvalue weighted by Crippen LogP contribution is 2.33. The third kappa shape index (κ3) is 8.53. The second-order valence-electron chi connectivity index (χ2n) is 12.0. The predicted molar refractivity (Wildman–Crippen MR) is 180 cm³/mol. The van der Waals surface area contributed by atoms with Crippen LogP contribution in [0.25, 0.3) is 0 Å². The number of aliphatic hydroxyl groups is 2. The Kier molecular flexibility index (Phi) is 11.7. The molecule has 0 aliphatic carbocycles. The van der Waals surface area contributed by atoms with Crippen LogP contribution in [-0.2, 0) is 33.2 Å². The van der Waals surface area contributed by atoms with E-state index in [2.05, 4.69) is 0 Å². The molecule has 0 unspecified atom stereocenters. The van der Waals surface area contributed by atoms with Crippen LogP contribution in [-0.4, -0.2) is 96.0 Å². The fraction of sp³-hybridized carbons (Fsp3) is 0.282. The molecule has 2 saturated heterocycles. The Balaban J connectivity index is 1.36. The molecule has 6 rings (SSSR count). The number of ether oxygens (including phenoxy) is 7. The summed E-state index contributed by atoms with van der Waals surface area (Å²) in [5, 5.41) is 21.5. The molecule has 0 spiro atoms. The van der Waals surface area contributed by atoms with Gasteiger partial charge in [-0.2, -0.15) is 0 Å². The van der Waals surface area contributed by atoms with Gasteiger partial charge >= 0.3 is 23.9 Å². The summed E-state index contributed by atoms with van der Waals surface area (Å²) in [7, 11) is 0. The summed E-state index contributed by atoms with van der Waals surface area (Å²) in [5.74, 6) is -3.24. The van der Waals surface area contributed by atoms with E-state index in [0.717, 1.165) is 0 Å². The smallest absolute Gasteiger partial charge is 0.338 e. The molecule has 9 atom stereocenters. The molecule has 0 saturated carbocycles. The van der Waals surface area contributed by atoms with Crippen molar-refractivity contribution in [2.75, 3.05) is 6.61 Å². The molecule has 4 aromatic rings. The van der Waals surface area contributed by atoms with Crippen molar-refractivity contribution in [3.63, 3.8) is 0 Å². The number of rotatable bonds is 10. The van der Waals surface area contributed by atoms with Gasteiger partial charge in [-0.15, -0.1) is 0 Å². The lowest BCUT2D eigenvalue weighted by Gasteiger charge is -2.46. The minimum atomic E-state index is -1.79. The molecule has 0 aromatic heterocycles. The number of benzene rings is 4. The van der Waals surface area contributed by atoms with Crippen LogP contribution in [0.3, 0.4) is 0 Å². The van der Waals surface area contributed by atoms with Gasteiger partial charge in [0.1, 0.15) is 12.2 Å². The molecule has 2 aliphatic heterocycles. The van der Waals surface area contributed by atoms with Crippen molar-refractivity contribution < 1.29 is 62.5 Å². The average Bonchev–Trinajstić information content (AvgIpc) is 3.18. The van der Waals surface area contributed by atoms with Crippen molar-refractivity contribution in [3.8, 4) is 0 Å². The lowest BCUT2D eigenvalue weighted by Crippen LogP contribution is -2.64. The Morgan fingerprint density at radius 3 is 1.37 bits per heavy atom. The van der Waals surface area contributed by atoms with Crippen molar-refractivity contribution in [2.24, 2.45) is 0 Å². The predicted octanol–water partition coefficient (Wildman–Crippen LogP) is 3.73. The molecular weight excluding hydrogens is 676 g/mol. The Hall–Kier alpha value is -5.44. The van der Waals surface area contributed by atoms with E-state index in [9.17, 15) is 29.4 Å². The van der Waals surface area contributed by atoms with Crippen LogP contribution in [0, 0.1) is 0 Å². The molecule has 52 heavy (non-hydrogen) atoms. The summed E-state index contributed by atoms with van der Waals surface area (Å²) in [4.78, 5) is 53.6.